The van der Waals surface area contributed by atoms with E-state index in [0.29, 0.717) is 25.7 Å². The maximum absolute atomic E-state index is 13.1. The van der Waals surface area contributed by atoms with Crippen molar-refractivity contribution in [3.8, 4) is 0 Å². The number of carbonyl (C=O) groups excluding carboxylic acids is 4. The van der Waals surface area contributed by atoms with Crippen LogP contribution in [0.1, 0.15) is 395 Å². The fourth-order valence-corrected chi connectivity index (χ4v) is 13.3. The summed E-state index contributed by atoms with van der Waals surface area (Å²) in [7, 11) is -9.91. The molecule has 3 unspecified atom stereocenters. The Morgan fingerprint density at radius 1 is 0.302 bits per heavy atom. The Hall–Kier alpha value is -1.94. The number of unbranched alkanes of at least 4 members (excludes halogenated alkanes) is 42. The summed E-state index contributed by atoms with van der Waals surface area (Å²) in [6.07, 6.45) is 54.0. The summed E-state index contributed by atoms with van der Waals surface area (Å²) in [5.74, 6) is 0.280. The van der Waals surface area contributed by atoms with E-state index in [2.05, 4.69) is 48.5 Å². The van der Waals surface area contributed by atoms with Crippen molar-refractivity contribution >= 4 is 39.5 Å². The molecule has 0 saturated heterocycles. The highest BCUT2D eigenvalue weighted by molar-refractivity contribution is 7.47. The van der Waals surface area contributed by atoms with Crippen molar-refractivity contribution in [2.45, 2.75) is 414 Å². The van der Waals surface area contributed by atoms with Gasteiger partial charge < -0.3 is 33.8 Å². The van der Waals surface area contributed by atoms with Gasteiger partial charge >= 0.3 is 39.5 Å². The maximum Gasteiger partial charge on any atom is 0.472 e. The first-order valence-corrected chi connectivity index (χ1v) is 42.9. The Balaban J connectivity index is 5.22. The highest BCUT2D eigenvalue weighted by Gasteiger charge is 2.30. The molecule has 0 spiro atoms. The van der Waals surface area contributed by atoms with E-state index < -0.39 is 97.5 Å². The lowest BCUT2D eigenvalue weighted by Crippen LogP contribution is -2.30. The fourth-order valence-electron chi connectivity index (χ4n) is 11.7. The zero-order valence-electron chi connectivity index (χ0n) is 62.8. The predicted octanol–water partition coefficient (Wildman–Crippen LogP) is 22.6. The molecule has 3 N–H and O–H groups in total. The fraction of sp³-hybridized carbons (Fsp3) is 0.948. The van der Waals surface area contributed by atoms with Crippen LogP contribution in [0.25, 0.3) is 0 Å². The first-order valence-electron chi connectivity index (χ1n) is 39.9. The molecule has 17 nitrogen and oxygen atoms in total. The summed E-state index contributed by atoms with van der Waals surface area (Å²) in [5, 5.41) is 10.6. The second-order valence-electron chi connectivity index (χ2n) is 28.9. The number of esters is 4. The zero-order chi connectivity index (χ0) is 70.9. The van der Waals surface area contributed by atoms with Gasteiger partial charge in [0.2, 0.25) is 0 Å². The smallest absolute Gasteiger partial charge is 0.462 e. The number of carbonyl (C=O) groups is 4. The van der Waals surface area contributed by atoms with E-state index in [-0.39, 0.29) is 25.7 Å². The van der Waals surface area contributed by atoms with Gasteiger partial charge in [-0.1, -0.05) is 344 Å². The third kappa shape index (κ3) is 69.2. The lowest BCUT2D eigenvalue weighted by molar-refractivity contribution is -0.161. The van der Waals surface area contributed by atoms with Crippen LogP contribution < -0.4 is 0 Å². The van der Waals surface area contributed by atoms with Crippen molar-refractivity contribution in [3.05, 3.63) is 0 Å². The molecular formula is C77H150O17P2. The maximum atomic E-state index is 13.1. The van der Waals surface area contributed by atoms with Gasteiger partial charge in [0.05, 0.1) is 26.4 Å². The summed E-state index contributed by atoms with van der Waals surface area (Å²) >= 11 is 0. The first-order chi connectivity index (χ1) is 46.3. The summed E-state index contributed by atoms with van der Waals surface area (Å²) in [4.78, 5) is 72.8. The quantitative estimate of drug-likeness (QED) is 0.0222. The third-order valence-corrected chi connectivity index (χ3v) is 20.1. The molecule has 0 aliphatic heterocycles. The lowest BCUT2D eigenvalue weighted by atomic mass is 9.99. The van der Waals surface area contributed by atoms with Gasteiger partial charge in [-0.2, -0.15) is 0 Å². The Labute approximate surface area is 588 Å². The van der Waals surface area contributed by atoms with Crippen LogP contribution in [0, 0.1) is 17.8 Å². The van der Waals surface area contributed by atoms with Gasteiger partial charge in [0.25, 0.3) is 0 Å². The number of aliphatic hydroxyl groups is 1. The van der Waals surface area contributed by atoms with Gasteiger partial charge in [-0.3, -0.25) is 37.3 Å². The Morgan fingerprint density at radius 3 is 0.792 bits per heavy atom. The minimum atomic E-state index is -4.96. The van der Waals surface area contributed by atoms with Crippen molar-refractivity contribution in [3.63, 3.8) is 0 Å². The molecular weight excluding hydrogens is 1260 g/mol. The van der Waals surface area contributed by atoms with Crippen LogP contribution in [0.5, 0.6) is 0 Å². The molecule has 0 aliphatic rings. The molecule has 6 atom stereocenters. The van der Waals surface area contributed by atoms with Crippen molar-refractivity contribution < 1.29 is 80.2 Å². The monoisotopic (exact) mass is 1410 g/mol. The molecule has 19 heteroatoms. The van der Waals surface area contributed by atoms with Crippen molar-refractivity contribution in [1.29, 1.82) is 0 Å². The van der Waals surface area contributed by atoms with E-state index in [1.54, 1.807) is 0 Å². The molecule has 0 heterocycles. The Bertz CT molecular complexity index is 1870. The van der Waals surface area contributed by atoms with Crippen molar-refractivity contribution in [2.24, 2.45) is 17.8 Å². The van der Waals surface area contributed by atoms with E-state index in [4.69, 9.17) is 37.0 Å². The third-order valence-electron chi connectivity index (χ3n) is 18.2. The van der Waals surface area contributed by atoms with E-state index in [9.17, 15) is 43.2 Å². The standard InChI is InChI=1S/C77H150O17P2/c1-8-10-11-12-13-37-44-51-58-74(79)87-64-72(93-77(82)61-54-47-40-33-27-26-30-36-43-50-57-70(7)9-2)66-91-95(83,84)89-62-71(78)63-90-96(85,86)92-67-73(94-76(81)60-53-46-39-32-25-21-17-15-19-23-29-35-42-49-56-69(5)6)65-88-75(80)59-52-45-38-31-24-20-16-14-18-22-28-34-41-48-55-68(3)4/h68-73,78H,8-67H2,1-7H3,(H,83,84)(H,85,86)/t70?,71-,72+,73+/m0/s1. The summed E-state index contributed by atoms with van der Waals surface area (Å²) in [5.41, 5.74) is 0. The molecule has 0 fully saturated rings. The van der Waals surface area contributed by atoms with Gasteiger partial charge in [0.1, 0.15) is 19.3 Å². The summed E-state index contributed by atoms with van der Waals surface area (Å²) in [6.45, 7) is 12.0. The van der Waals surface area contributed by atoms with E-state index in [0.717, 1.165) is 114 Å². The van der Waals surface area contributed by atoms with Crippen molar-refractivity contribution in [1.82, 2.24) is 0 Å². The summed E-state index contributed by atoms with van der Waals surface area (Å²) in [6, 6.07) is 0. The second-order valence-corrected chi connectivity index (χ2v) is 31.8. The zero-order valence-corrected chi connectivity index (χ0v) is 64.6. The molecule has 0 aromatic rings. The van der Waals surface area contributed by atoms with E-state index in [1.807, 2.05) is 0 Å². The number of hydrogen-bond acceptors (Lipinski definition) is 15. The molecule has 570 valence electrons. The normalized spacial score (nSPS) is 14.3. The first kappa shape index (κ1) is 94.1. The topological polar surface area (TPSA) is 237 Å². The molecule has 0 radical (unpaired) electrons. The van der Waals surface area contributed by atoms with E-state index >= 15 is 0 Å². The minimum Gasteiger partial charge on any atom is -0.462 e. The van der Waals surface area contributed by atoms with Gasteiger partial charge in [0, 0.05) is 25.7 Å². The molecule has 0 amide bonds. The number of hydrogen-bond donors (Lipinski definition) is 3. The SMILES string of the molecule is CCCCCCCCCCC(=O)OC[C@H](COP(=O)(O)OC[C@H](O)COP(=O)(O)OC[C@@H](COC(=O)CCCCCCCCCCCCCCCCC(C)C)OC(=O)CCCCCCCCCCCCCCCCC(C)C)OC(=O)CCCCCCCCCCCCC(C)CC. The highest BCUT2D eigenvalue weighted by Crippen LogP contribution is 2.45. The molecule has 96 heavy (non-hydrogen) atoms. The molecule has 0 aromatic heterocycles. The van der Waals surface area contributed by atoms with Gasteiger partial charge in [-0.15, -0.1) is 0 Å². The summed E-state index contributed by atoms with van der Waals surface area (Å²) < 4.78 is 68.5. The number of rotatable bonds is 75. The lowest BCUT2D eigenvalue weighted by Gasteiger charge is -2.21. The van der Waals surface area contributed by atoms with Gasteiger partial charge in [-0.25, -0.2) is 9.13 Å². The van der Waals surface area contributed by atoms with Crippen LogP contribution in [0.3, 0.4) is 0 Å². The van der Waals surface area contributed by atoms with Crippen LogP contribution in [0.4, 0.5) is 0 Å². The van der Waals surface area contributed by atoms with Crippen LogP contribution in [-0.4, -0.2) is 96.7 Å². The van der Waals surface area contributed by atoms with Gasteiger partial charge in [0.15, 0.2) is 12.2 Å². The van der Waals surface area contributed by atoms with Crippen LogP contribution >= 0.6 is 15.6 Å². The number of aliphatic hydroxyl groups excluding tert-OH is 1. The number of phosphoric acid groups is 2. The highest BCUT2D eigenvalue weighted by atomic mass is 31.2. The number of phosphoric ester groups is 2. The predicted molar refractivity (Wildman–Crippen MR) is 391 cm³/mol. The molecule has 0 aliphatic carbocycles. The largest absolute Gasteiger partial charge is 0.472 e. The minimum absolute atomic E-state index is 0.106. The van der Waals surface area contributed by atoms with Crippen LogP contribution in [0.15, 0.2) is 0 Å². The molecule has 0 aromatic carbocycles. The average molecular weight is 1410 g/mol. The number of ether oxygens (including phenoxy) is 4. The molecule has 0 bridgehead atoms. The Morgan fingerprint density at radius 2 is 0.531 bits per heavy atom. The van der Waals surface area contributed by atoms with Crippen molar-refractivity contribution in [2.75, 3.05) is 39.6 Å². The van der Waals surface area contributed by atoms with Crippen LogP contribution in [-0.2, 0) is 65.4 Å². The average Bonchev–Trinajstić information content (AvgIpc) is 2.80. The van der Waals surface area contributed by atoms with Gasteiger partial charge in [-0.05, 0) is 43.4 Å². The molecule has 0 saturated carbocycles. The van der Waals surface area contributed by atoms with E-state index in [1.165, 1.54) is 199 Å². The molecule has 0 rings (SSSR count). The van der Waals surface area contributed by atoms with Crippen LogP contribution in [0.2, 0.25) is 0 Å². The second kappa shape index (κ2) is 67.5. The Kier molecular flexibility index (Phi) is 66.2.